The number of halogens is 1. The number of hydrogen-bond donors (Lipinski definition) is 0. The van der Waals surface area contributed by atoms with Crippen LogP contribution in [0.25, 0.3) is 0 Å². The van der Waals surface area contributed by atoms with Crippen LogP contribution in [0, 0.1) is 24.1 Å². The molecular weight excluding hydrogens is 219 g/mol. The zero-order valence-electron chi connectivity index (χ0n) is 10.2. The Kier molecular flexibility index (Phi) is 4.22. The van der Waals surface area contributed by atoms with E-state index in [1.807, 2.05) is 6.07 Å². The molecule has 1 aromatic rings. The average molecular weight is 234 g/mol. The summed E-state index contributed by atoms with van der Waals surface area (Å²) in [6.07, 6.45) is 0.365. The van der Waals surface area contributed by atoms with Gasteiger partial charge in [-0.2, -0.15) is 5.26 Å². The number of carbonyl (C=O) groups is 1. The van der Waals surface area contributed by atoms with Crippen LogP contribution in [-0.4, -0.2) is 19.4 Å². The summed E-state index contributed by atoms with van der Waals surface area (Å²) in [4.78, 5) is 13.2. The van der Waals surface area contributed by atoms with Crippen LogP contribution in [0.1, 0.15) is 29.3 Å². The van der Waals surface area contributed by atoms with Crippen molar-refractivity contribution in [3.05, 3.63) is 29.1 Å². The molecule has 0 heterocycles. The van der Waals surface area contributed by atoms with Crippen LogP contribution < -0.4 is 4.90 Å². The fourth-order valence-electron chi connectivity index (χ4n) is 1.60. The number of carbonyl (C=O) groups excluding carboxylic acids is 1. The smallest absolute Gasteiger partial charge is 0.161 e. The number of ketones is 1. The Morgan fingerprint density at radius 2 is 2.18 bits per heavy atom. The van der Waals surface area contributed by atoms with Gasteiger partial charge in [0.2, 0.25) is 0 Å². The van der Waals surface area contributed by atoms with Crippen molar-refractivity contribution in [1.82, 2.24) is 0 Å². The minimum Gasteiger partial charge on any atom is -0.373 e. The third-order valence-electron chi connectivity index (χ3n) is 2.63. The molecule has 1 aromatic carbocycles. The molecule has 0 aromatic heterocycles. The van der Waals surface area contributed by atoms with E-state index in [4.69, 9.17) is 5.26 Å². The quantitative estimate of drug-likeness (QED) is 0.752. The first-order chi connectivity index (χ1) is 7.97. The molecule has 90 valence electrons. The van der Waals surface area contributed by atoms with Crippen LogP contribution in [0.15, 0.2) is 12.1 Å². The van der Waals surface area contributed by atoms with E-state index in [0.717, 1.165) is 0 Å². The highest BCUT2D eigenvalue weighted by molar-refractivity contribution is 5.99. The van der Waals surface area contributed by atoms with Gasteiger partial charge in [0.25, 0.3) is 0 Å². The molecule has 0 spiro atoms. The Morgan fingerprint density at radius 3 is 2.71 bits per heavy atom. The maximum absolute atomic E-state index is 13.4. The van der Waals surface area contributed by atoms with Gasteiger partial charge in [-0.05, 0) is 31.5 Å². The minimum atomic E-state index is -0.382. The van der Waals surface area contributed by atoms with Gasteiger partial charge in [-0.25, -0.2) is 4.39 Å². The Morgan fingerprint density at radius 1 is 1.53 bits per heavy atom. The Hall–Kier alpha value is -1.89. The number of hydrogen-bond acceptors (Lipinski definition) is 3. The van der Waals surface area contributed by atoms with Crippen LogP contribution in [0.5, 0.6) is 0 Å². The van der Waals surface area contributed by atoms with Crippen LogP contribution in [0.3, 0.4) is 0 Å². The van der Waals surface area contributed by atoms with Gasteiger partial charge in [-0.1, -0.05) is 0 Å². The first-order valence-corrected chi connectivity index (χ1v) is 5.36. The summed E-state index contributed by atoms with van der Waals surface area (Å²) >= 11 is 0. The molecule has 0 atom stereocenters. The van der Waals surface area contributed by atoms with Gasteiger partial charge >= 0.3 is 0 Å². The zero-order valence-corrected chi connectivity index (χ0v) is 10.2. The van der Waals surface area contributed by atoms with E-state index in [-0.39, 0.29) is 11.6 Å². The van der Waals surface area contributed by atoms with Crippen molar-refractivity contribution in [2.75, 3.05) is 18.5 Å². The lowest BCUT2D eigenvalue weighted by Gasteiger charge is -2.21. The second kappa shape index (κ2) is 5.44. The molecule has 0 saturated carbocycles. The number of nitrogens with zero attached hydrogens (tertiary/aromatic N) is 2. The van der Waals surface area contributed by atoms with Gasteiger partial charge in [-0.3, -0.25) is 4.79 Å². The molecule has 4 heteroatoms. The van der Waals surface area contributed by atoms with Crippen molar-refractivity contribution in [3.63, 3.8) is 0 Å². The molecular formula is C13H15FN2O. The first kappa shape index (κ1) is 13.2. The number of benzene rings is 1. The van der Waals surface area contributed by atoms with Gasteiger partial charge < -0.3 is 4.90 Å². The van der Waals surface area contributed by atoms with E-state index < -0.39 is 0 Å². The van der Waals surface area contributed by atoms with Gasteiger partial charge in [0.1, 0.15) is 5.82 Å². The summed E-state index contributed by atoms with van der Waals surface area (Å²) in [6, 6.07) is 4.94. The first-order valence-electron chi connectivity index (χ1n) is 5.36. The third kappa shape index (κ3) is 3.04. The molecule has 0 N–H and O–H groups in total. The largest absolute Gasteiger partial charge is 0.373 e. The molecule has 1 rings (SSSR count). The number of rotatable bonds is 4. The van der Waals surface area contributed by atoms with Crippen LogP contribution in [0.2, 0.25) is 0 Å². The Bertz CT molecular complexity index is 477. The highest BCUT2D eigenvalue weighted by Crippen LogP contribution is 2.24. The van der Waals surface area contributed by atoms with Crippen molar-refractivity contribution in [2.24, 2.45) is 0 Å². The molecule has 17 heavy (non-hydrogen) atoms. The predicted octanol–water partition coefficient (Wildman–Crippen LogP) is 2.69. The zero-order chi connectivity index (χ0) is 13.0. The highest BCUT2D eigenvalue weighted by Gasteiger charge is 2.14. The fourth-order valence-corrected chi connectivity index (χ4v) is 1.60. The van der Waals surface area contributed by atoms with Crippen molar-refractivity contribution in [2.45, 2.75) is 20.3 Å². The van der Waals surface area contributed by atoms with Gasteiger partial charge in [0.15, 0.2) is 5.78 Å². The number of nitriles is 1. The average Bonchev–Trinajstić information content (AvgIpc) is 2.28. The summed E-state index contributed by atoms with van der Waals surface area (Å²) in [5.74, 6) is -0.560. The van der Waals surface area contributed by atoms with Crippen molar-refractivity contribution in [1.29, 1.82) is 5.26 Å². The monoisotopic (exact) mass is 234 g/mol. The number of aryl methyl sites for hydroxylation is 1. The van der Waals surface area contributed by atoms with E-state index in [2.05, 4.69) is 0 Å². The SMILES string of the molecule is CC(=O)c1cc(F)c(C)cc1N(C)CCC#N. The van der Waals surface area contributed by atoms with Gasteiger partial charge in [-0.15, -0.1) is 0 Å². The van der Waals surface area contributed by atoms with E-state index >= 15 is 0 Å². The normalized spacial score (nSPS) is 9.82. The highest BCUT2D eigenvalue weighted by atomic mass is 19.1. The van der Waals surface area contributed by atoms with Crippen molar-refractivity contribution in [3.8, 4) is 6.07 Å². The molecule has 0 aliphatic heterocycles. The molecule has 0 aliphatic carbocycles. The maximum Gasteiger partial charge on any atom is 0.161 e. The molecule has 0 amide bonds. The van der Waals surface area contributed by atoms with E-state index in [1.165, 1.54) is 13.0 Å². The fraction of sp³-hybridized carbons (Fsp3) is 0.385. The van der Waals surface area contributed by atoms with Crippen LogP contribution in [0.4, 0.5) is 10.1 Å². The van der Waals surface area contributed by atoms with E-state index in [1.54, 1.807) is 24.9 Å². The summed E-state index contributed by atoms with van der Waals surface area (Å²) < 4.78 is 13.4. The Balaban J connectivity index is 3.17. The van der Waals surface area contributed by atoms with Gasteiger partial charge in [0.05, 0.1) is 12.5 Å². The molecule has 0 bridgehead atoms. The number of anilines is 1. The summed E-state index contributed by atoms with van der Waals surface area (Å²) in [7, 11) is 1.79. The lowest BCUT2D eigenvalue weighted by atomic mass is 10.0. The molecule has 0 fully saturated rings. The van der Waals surface area contributed by atoms with Crippen LogP contribution >= 0.6 is 0 Å². The van der Waals surface area contributed by atoms with E-state index in [0.29, 0.717) is 29.8 Å². The lowest BCUT2D eigenvalue weighted by molar-refractivity contribution is 0.101. The topological polar surface area (TPSA) is 44.1 Å². The minimum absolute atomic E-state index is 0.178. The van der Waals surface area contributed by atoms with Gasteiger partial charge in [0, 0.05) is 24.8 Å². The summed E-state index contributed by atoms with van der Waals surface area (Å²) in [5.41, 5.74) is 1.52. The standard InChI is InChI=1S/C13H15FN2O/c1-9-7-13(16(3)6-4-5-15)11(10(2)17)8-12(9)14/h7-8H,4,6H2,1-3H3. The molecule has 3 nitrogen and oxygen atoms in total. The van der Waals surface area contributed by atoms with E-state index in [9.17, 15) is 9.18 Å². The molecule has 0 saturated heterocycles. The second-order valence-electron chi connectivity index (χ2n) is 4.00. The summed E-state index contributed by atoms with van der Waals surface area (Å²) in [5, 5.41) is 8.54. The molecule has 0 unspecified atom stereocenters. The molecule has 0 aliphatic rings. The second-order valence-corrected chi connectivity index (χ2v) is 4.00. The lowest BCUT2D eigenvalue weighted by Crippen LogP contribution is -2.21. The van der Waals surface area contributed by atoms with Crippen LogP contribution in [-0.2, 0) is 0 Å². The maximum atomic E-state index is 13.4. The number of Topliss-reactive ketones (excluding diaryl/α,β-unsaturated/α-hetero) is 1. The van der Waals surface area contributed by atoms with Crippen molar-refractivity contribution >= 4 is 11.5 Å². The molecule has 0 radical (unpaired) electrons. The Labute approximate surface area is 100 Å². The van der Waals surface area contributed by atoms with Crippen molar-refractivity contribution < 1.29 is 9.18 Å². The summed E-state index contributed by atoms with van der Waals surface area (Å²) in [6.45, 7) is 3.58. The predicted molar refractivity (Wildman–Crippen MR) is 64.6 cm³/mol. The third-order valence-corrected chi connectivity index (χ3v) is 2.63.